The van der Waals surface area contributed by atoms with Gasteiger partial charge in [0.1, 0.15) is 6.04 Å². The zero-order valence-electron chi connectivity index (χ0n) is 13.9. The van der Waals surface area contributed by atoms with Crippen LogP contribution in [-0.2, 0) is 4.79 Å². The van der Waals surface area contributed by atoms with Gasteiger partial charge < -0.3 is 16.0 Å². The second kappa shape index (κ2) is 10.9. The average molecular weight is 362 g/mol. The molecule has 1 atom stereocenters. The first-order chi connectivity index (χ1) is 10.1. The number of likely N-dealkylation sites (tertiary alicyclic amines) is 1. The first-order valence-corrected chi connectivity index (χ1v) is 7.89. The van der Waals surface area contributed by atoms with E-state index in [1.807, 2.05) is 30.3 Å². The van der Waals surface area contributed by atoms with Gasteiger partial charge in [0.25, 0.3) is 0 Å². The van der Waals surface area contributed by atoms with Crippen molar-refractivity contribution >= 4 is 30.7 Å². The molecular formula is C17H29Cl2N3O. The Labute approximate surface area is 152 Å². The minimum Gasteiger partial charge on any atom is -0.352 e. The van der Waals surface area contributed by atoms with Crippen molar-refractivity contribution in [2.45, 2.75) is 38.8 Å². The van der Waals surface area contributed by atoms with Gasteiger partial charge in [0, 0.05) is 25.7 Å². The molecule has 0 spiro atoms. The molecule has 132 valence electrons. The van der Waals surface area contributed by atoms with Crippen LogP contribution < -0.4 is 11.1 Å². The molecule has 4 nitrogen and oxygen atoms in total. The summed E-state index contributed by atoms with van der Waals surface area (Å²) in [7, 11) is 0. The zero-order chi connectivity index (χ0) is 15.2. The third-order valence-electron chi connectivity index (χ3n) is 4.00. The third-order valence-corrected chi connectivity index (χ3v) is 4.00. The first kappa shape index (κ1) is 22.2. The normalized spacial score (nSPS) is 17.0. The van der Waals surface area contributed by atoms with Crippen molar-refractivity contribution in [2.75, 3.05) is 19.6 Å². The van der Waals surface area contributed by atoms with E-state index in [1.54, 1.807) is 0 Å². The van der Waals surface area contributed by atoms with Crippen LogP contribution in [0.3, 0.4) is 0 Å². The Balaban J connectivity index is 0.00000242. The average Bonchev–Trinajstić information content (AvgIpc) is 2.49. The van der Waals surface area contributed by atoms with E-state index in [0.29, 0.717) is 5.92 Å². The van der Waals surface area contributed by atoms with E-state index in [2.05, 4.69) is 24.1 Å². The molecule has 6 heteroatoms. The van der Waals surface area contributed by atoms with Crippen LogP contribution in [0.25, 0.3) is 0 Å². The Morgan fingerprint density at radius 1 is 1.22 bits per heavy atom. The van der Waals surface area contributed by atoms with E-state index in [-0.39, 0.29) is 36.8 Å². The number of piperidine rings is 1. The molecule has 1 saturated heterocycles. The van der Waals surface area contributed by atoms with Gasteiger partial charge in [-0.25, -0.2) is 0 Å². The highest BCUT2D eigenvalue weighted by Crippen LogP contribution is 2.14. The van der Waals surface area contributed by atoms with Crippen LogP contribution >= 0.6 is 24.8 Å². The van der Waals surface area contributed by atoms with Crippen molar-refractivity contribution in [3.63, 3.8) is 0 Å². The van der Waals surface area contributed by atoms with Crippen molar-refractivity contribution < 1.29 is 4.79 Å². The lowest BCUT2D eigenvalue weighted by molar-refractivity contribution is -0.123. The number of halogens is 2. The number of nitrogens with zero attached hydrogens (tertiary/aromatic N) is 1. The lowest BCUT2D eigenvalue weighted by atomic mass is 10.0. The molecule has 1 amide bonds. The number of hydrogen-bond acceptors (Lipinski definition) is 3. The summed E-state index contributed by atoms with van der Waals surface area (Å²) in [6.45, 7) is 7.75. The number of amides is 1. The van der Waals surface area contributed by atoms with Crippen molar-refractivity contribution in [3.05, 3.63) is 35.9 Å². The van der Waals surface area contributed by atoms with Crippen LogP contribution in [0.15, 0.2) is 30.3 Å². The predicted molar refractivity (Wildman–Crippen MR) is 100 cm³/mol. The maximum atomic E-state index is 12.2. The molecule has 1 aromatic rings. The van der Waals surface area contributed by atoms with Crippen LogP contribution in [0.5, 0.6) is 0 Å². The van der Waals surface area contributed by atoms with Gasteiger partial charge in [0.2, 0.25) is 5.91 Å². The Hall–Kier alpha value is -0.810. The van der Waals surface area contributed by atoms with E-state index in [0.717, 1.165) is 38.0 Å². The van der Waals surface area contributed by atoms with Gasteiger partial charge >= 0.3 is 0 Å². The number of benzene rings is 1. The molecule has 1 heterocycles. The number of nitrogens with one attached hydrogen (secondary N) is 1. The molecule has 0 bridgehead atoms. The van der Waals surface area contributed by atoms with Gasteiger partial charge in [0.05, 0.1) is 0 Å². The summed E-state index contributed by atoms with van der Waals surface area (Å²) >= 11 is 0. The zero-order valence-corrected chi connectivity index (χ0v) is 15.5. The topological polar surface area (TPSA) is 58.4 Å². The van der Waals surface area contributed by atoms with Gasteiger partial charge in [-0.05, 0) is 24.3 Å². The van der Waals surface area contributed by atoms with E-state index in [4.69, 9.17) is 5.73 Å². The maximum absolute atomic E-state index is 12.2. The van der Waals surface area contributed by atoms with E-state index < -0.39 is 6.04 Å². The standard InChI is InChI=1S/C17H27N3O.2ClH/c1-13(2)12-20-10-8-15(9-11-20)19-17(21)16(18)14-6-4-3-5-7-14;;/h3-7,13,15-16H,8-12,18H2,1-2H3,(H,19,21);2*1H. The van der Waals surface area contributed by atoms with Gasteiger partial charge in [-0.1, -0.05) is 44.2 Å². The van der Waals surface area contributed by atoms with Gasteiger partial charge in [0.15, 0.2) is 0 Å². The minimum absolute atomic E-state index is 0. The second-order valence-electron chi connectivity index (χ2n) is 6.37. The fraction of sp³-hybridized carbons (Fsp3) is 0.588. The minimum atomic E-state index is -0.570. The molecule has 1 aliphatic heterocycles. The molecule has 1 aromatic carbocycles. The Morgan fingerprint density at radius 3 is 2.30 bits per heavy atom. The summed E-state index contributed by atoms with van der Waals surface area (Å²) in [6, 6.07) is 9.24. The fourth-order valence-electron chi connectivity index (χ4n) is 2.88. The largest absolute Gasteiger partial charge is 0.352 e. The SMILES string of the molecule is CC(C)CN1CCC(NC(=O)C(N)c2ccccc2)CC1.Cl.Cl. The van der Waals surface area contributed by atoms with Crippen LogP contribution in [-0.4, -0.2) is 36.5 Å². The first-order valence-electron chi connectivity index (χ1n) is 7.89. The van der Waals surface area contributed by atoms with Crippen molar-refractivity contribution in [3.8, 4) is 0 Å². The van der Waals surface area contributed by atoms with Crippen molar-refractivity contribution in [2.24, 2.45) is 11.7 Å². The fourth-order valence-corrected chi connectivity index (χ4v) is 2.88. The molecule has 0 aliphatic carbocycles. The smallest absolute Gasteiger partial charge is 0.241 e. The molecule has 23 heavy (non-hydrogen) atoms. The molecule has 1 fully saturated rings. The molecule has 0 radical (unpaired) electrons. The number of carbonyl (C=O) groups excluding carboxylic acids is 1. The third kappa shape index (κ3) is 7.08. The number of hydrogen-bond donors (Lipinski definition) is 2. The van der Waals surface area contributed by atoms with Crippen LogP contribution in [0.1, 0.15) is 38.3 Å². The van der Waals surface area contributed by atoms with Crippen LogP contribution in [0, 0.1) is 5.92 Å². The molecule has 0 saturated carbocycles. The van der Waals surface area contributed by atoms with Gasteiger partial charge in [-0.2, -0.15) is 0 Å². The summed E-state index contributed by atoms with van der Waals surface area (Å²) in [4.78, 5) is 14.7. The number of carbonyl (C=O) groups is 1. The summed E-state index contributed by atoms with van der Waals surface area (Å²) in [5.74, 6) is 0.631. The quantitative estimate of drug-likeness (QED) is 0.847. The monoisotopic (exact) mass is 361 g/mol. The molecule has 0 aromatic heterocycles. The summed E-state index contributed by atoms with van der Waals surface area (Å²) < 4.78 is 0. The highest BCUT2D eigenvalue weighted by molar-refractivity contribution is 5.85. The van der Waals surface area contributed by atoms with Gasteiger partial charge in [-0.15, -0.1) is 24.8 Å². The summed E-state index contributed by atoms with van der Waals surface area (Å²) in [6.07, 6.45) is 2.03. The highest BCUT2D eigenvalue weighted by Gasteiger charge is 2.23. The van der Waals surface area contributed by atoms with Crippen LogP contribution in [0.4, 0.5) is 0 Å². The predicted octanol–water partition coefficient (Wildman–Crippen LogP) is 2.77. The van der Waals surface area contributed by atoms with Crippen molar-refractivity contribution in [1.29, 1.82) is 0 Å². The summed E-state index contributed by atoms with van der Waals surface area (Å²) in [5.41, 5.74) is 6.89. The van der Waals surface area contributed by atoms with Crippen LogP contribution in [0.2, 0.25) is 0 Å². The molecule has 1 unspecified atom stereocenters. The van der Waals surface area contributed by atoms with E-state index in [1.165, 1.54) is 0 Å². The van der Waals surface area contributed by atoms with E-state index in [9.17, 15) is 4.79 Å². The molecule has 2 rings (SSSR count). The lowest BCUT2D eigenvalue weighted by Gasteiger charge is -2.33. The number of rotatable bonds is 5. The maximum Gasteiger partial charge on any atom is 0.241 e. The Bertz CT molecular complexity index is 448. The lowest BCUT2D eigenvalue weighted by Crippen LogP contribution is -2.47. The molecular weight excluding hydrogens is 333 g/mol. The highest BCUT2D eigenvalue weighted by atomic mass is 35.5. The summed E-state index contributed by atoms with van der Waals surface area (Å²) in [5, 5.41) is 3.10. The molecule has 3 N–H and O–H groups in total. The Kier molecular flexibility index (Phi) is 10.5. The van der Waals surface area contributed by atoms with E-state index >= 15 is 0 Å². The Morgan fingerprint density at radius 2 is 1.78 bits per heavy atom. The van der Waals surface area contributed by atoms with Gasteiger partial charge in [-0.3, -0.25) is 4.79 Å². The van der Waals surface area contributed by atoms with Crippen molar-refractivity contribution in [1.82, 2.24) is 10.2 Å². The molecule has 1 aliphatic rings. The second-order valence-corrected chi connectivity index (χ2v) is 6.37. The number of nitrogens with two attached hydrogens (primary N) is 1.